The third-order valence-electron chi connectivity index (χ3n) is 5.29. The van der Waals surface area contributed by atoms with Gasteiger partial charge in [0.15, 0.2) is 0 Å². The van der Waals surface area contributed by atoms with Gasteiger partial charge in [0.1, 0.15) is 0 Å². The second-order valence-corrected chi connectivity index (χ2v) is 11.4. The molecule has 0 aliphatic carbocycles. The smallest absolute Gasteiger partial charge is 0.253 e. The zero-order valence-corrected chi connectivity index (χ0v) is 19.5. The van der Waals surface area contributed by atoms with Gasteiger partial charge in [0.25, 0.3) is 5.91 Å². The quantitative estimate of drug-likeness (QED) is 0.694. The van der Waals surface area contributed by atoms with Crippen molar-refractivity contribution < 1.29 is 13.2 Å². The summed E-state index contributed by atoms with van der Waals surface area (Å²) in [5, 5.41) is 0. The fourth-order valence-corrected chi connectivity index (χ4v) is 5.71. The Morgan fingerprint density at radius 3 is 2.34 bits per heavy atom. The maximum atomic E-state index is 13.1. The fraction of sp³-hybridized carbons (Fsp3) is 0.450. The number of halogens is 1. The molecule has 2 aromatic rings. The minimum atomic E-state index is -3.61. The van der Waals surface area contributed by atoms with Crippen LogP contribution < -0.4 is 0 Å². The Balaban J connectivity index is 1.73. The van der Waals surface area contributed by atoms with E-state index in [4.69, 9.17) is 11.6 Å². The largest absolute Gasteiger partial charge is 0.336 e. The Labute approximate surface area is 181 Å². The molecule has 0 saturated carbocycles. The van der Waals surface area contributed by atoms with E-state index in [0.717, 1.165) is 29.5 Å². The summed E-state index contributed by atoms with van der Waals surface area (Å²) in [6.45, 7) is 7.21. The highest BCUT2D eigenvalue weighted by molar-refractivity contribution is 7.89. The molecular formula is C20H26ClN3O3S2. The maximum absolute atomic E-state index is 13.1. The summed E-state index contributed by atoms with van der Waals surface area (Å²) in [6.07, 6.45) is 0. The van der Waals surface area contributed by atoms with Crippen molar-refractivity contribution in [2.45, 2.75) is 25.3 Å². The van der Waals surface area contributed by atoms with Crippen molar-refractivity contribution in [3.8, 4) is 0 Å². The minimum absolute atomic E-state index is 0.123. The average molecular weight is 456 g/mol. The van der Waals surface area contributed by atoms with Crippen LogP contribution in [0.15, 0.2) is 29.2 Å². The van der Waals surface area contributed by atoms with E-state index in [-0.39, 0.29) is 10.8 Å². The van der Waals surface area contributed by atoms with E-state index in [1.54, 1.807) is 29.2 Å². The molecule has 29 heavy (non-hydrogen) atoms. The zero-order chi connectivity index (χ0) is 21.3. The third kappa shape index (κ3) is 4.83. The van der Waals surface area contributed by atoms with Crippen molar-refractivity contribution in [2.75, 3.05) is 40.3 Å². The van der Waals surface area contributed by atoms with E-state index in [0.29, 0.717) is 24.2 Å². The van der Waals surface area contributed by atoms with Crippen molar-refractivity contribution in [1.29, 1.82) is 0 Å². The molecule has 1 aromatic carbocycles. The topological polar surface area (TPSA) is 60.9 Å². The molecule has 0 atom stereocenters. The van der Waals surface area contributed by atoms with Crippen molar-refractivity contribution in [1.82, 2.24) is 14.1 Å². The molecule has 9 heteroatoms. The fourth-order valence-electron chi connectivity index (χ4n) is 3.36. The van der Waals surface area contributed by atoms with Gasteiger partial charge in [0.2, 0.25) is 10.0 Å². The molecule has 0 N–H and O–H groups in total. The number of aryl methyl sites for hydroxylation is 1. The number of carbonyl (C=O) groups excluding carboxylic acids is 1. The molecule has 0 unspecified atom stereocenters. The zero-order valence-electron chi connectivity index (χ0n) is 17.1. The van der Waals surface area contributed by atoms with E-state index in [1.807, 2.05) is 19.1 Å². The predicted octanol–water partition coefficient (Wildman–Crippen LogP) is 3.23. The summed E-state index contributed by atoms with van der Waals surface area (Å²) in [5.41, 5.74) is 1.89. The molecule has 1 saturated heterocycles. The first-order valence-corrected chi connectivity index (χ1v) is 12.0. The molecule has 1 aliphatic heterocycles. The number of amides is 1. The summed E-state index contributed by atoms with van der Waals surface area (Å²) in [5.74, 6) is -0.123. The van der Waals surface area contributed by atoms with Crippen LogP contribution in [0, 0.1) is 13.8 Å². The lowest BCUT2D eigenvalue weighted by Gasteiger charge is -2.34. The second-order valence-electron chi connectivity index (χ2n) is 7.48. The first-order valence-electron chi connectivity index (χ1n) is 9.39. The van der Waals surface area contributed by atoms with Crippen molar-refractivity contribution in [3.63, 3.8) is 0 Å². The number of thiophene rings is 1. The van der Waals surface area contributed by atoms with Crippen LogP contribution in [-0.4, -0.2) is 68.7 Å². The van der Waals surface area contributed by atoms with Gasteiger partial charge in [-0.3, -0.25) is 9.69 Å². The third-order valence-corrected chi connectivity index (χ3v) is 8.45. The highest BCUT2D eigenvalue weighted by Gasteiger charge is 2.26. The van der Waals surface area contributed by atoms with Gasteiger partial charge in [-0.1, -0.05) is 11.6 Å². The van der Waals surface area contributed by atoms with Gasteiger partial charge in [0, 0.05) is 57.3 Å². The monoisotopic (exact) mass is 455 g/mol. The molecule has 158 valence electrons. The van der Waals surface area contributed by atoms with E-state index in [1.165, 1.54) is 29.3 Å². The molecule has 3 rings (SSSR count). The van der Waals surface area contributed by atoms with Crippen molar-refractivity contribution in [3.05, 3.63) is 50.2 Å². The van der Waals surface area contributed by atoms with Gasteiger partial charge < -0.3 is 4.90 Å². The summed E-state index contributed by atoms with van der Waals surface area (Å²) in [6, 6.07) is 7.24. The summed E-state index contributed by atoms with van der Waals surface area (Å²) in [4.78, 5) is 18.6. The van der Waals surface area contributed by atoms with E-state index in [2.05, 4.69) is 4.90 Å². The first-order chi connectivity index (χ1) is 13.6. The van der Waals surface area contributed by atoms with Crippen LogP contribution in [-0.2, 0) is 16.6 Å². The number of hydrogen-bond donors (Lipinski definition) is 0. The molecule has 0 radical (unpaired) electrons. The van der Waals surface area contributed by atoms with Crippen LogP contribution in [0.25, 0.3) is 0 Å². The molecule has 2 heterocycles. The molecule has 6 nitrogen and oxygen atoms in total. The summed E-state index contributed by atoms with van der Waals surface area (Å²) < 4.78 is 27.3. The number of sulfonamides is 1. The lowest BCUT2D eigenvalue weighted by Crippen LogP contribution is -2.48. The Morgan fingerprint density at radius 1 is 1.14 bits per heavy atom. The number of hydrogen-bond acceptors (Lipinski definition) is 5. The van der Waals surface area contributed by atoms with Gasteiger partial charge in [-0.25, -0.2) is 12.7 Å². The molecule has 0 spiro atoms. The second kappa shape index (κ2) is 8.73. The average Bonchev–Trinajstić information content (AvgIpc) is 3.08. The Kier molecular flexibility index (Phi) is 6.70. The van der Waals surface area contributed by atoms with Gasteiger partial charge >= 0.3 is 0 Å². The van der Waals surface area contributed by atoms with E-state index >= 15 is 0 Å². The molecular weight excluding hydrogens is 430 g/mol. The van der Waals surface area contributed by atoms with Gasteiger partial charge in [-0.15, -0.1) is 11.3 Å². The molecule has 0 bridgehead atoms. The van der Waals surface area contributed by atoms with Gasteiger partial charge in [-0.2, -0.15) is 0 Å². The molecule has 1 fully saturated rings. The number of piperazine rings is 1. The predicted molar refractivity (Wildman–Crippen MR) is 117 cm³/mol. The maximum Gasteiger partial charge on any atom is 0.253 e. The van der Waals surface area contributed by atoms with Crippen molar-refractivity contribution >= 4 is 38.9 Å². The highest BCUT2D eigenvalue weighted by Crippen LogP contribution is 2.25. The molecule has 1 aromatic heterocycles. The summed E-state index contributed by atoms with van der Waals surface area (Å²) in [7, 11) is -0.616. The Hall–Kier alpha value is -1.45. The number of rotatable bonds is 5. The van der Waals surface area contributed by atoms with Gasteiger partial charge in [-0.05, 0) is 49.2 Å². The van der Waals surface area contributed by atoms with Gasteiger partial charge in [0.05, 0.1) is 9.23 Å². The van der Waals surface area contributed by atoms with Crippen LogP contribution in [0.3, 0.4) is 0 Å². The van der Waals surface area contributed by atoms with Crippen molar-refractivity contribution in [2.24, 2.45) is 0 Å². The lowest BCUT2D eigenvalue weighted by atomic mass is 10.0. The minimum Gasteiger partial charge on any atom is -0.336 e. The lowest BCUT2D eigenvalue weighted by molar-refractivity contribution is 0.0629. The van der Waals surface area contributed by atoms with E-state index in [9.17, 15) is 13.2 Å². The van der Waals surface area contributed by atoms with Crippen LogP contribution >= 0.6 is 22.9 Å². The van der Waals surface area contributed by atoms with E-state index < -0.39 is 10.0 Å². The van der Waals surface area contributed by atoms with Crippen LogP contribution in [0.2, 0.25) is 4.34 Å². The normalized spacial score (nSPS) is 15.9. The Bertz CT molecular complexity index is 1010. The number of benzene rings is 1. The number of carbonyl (C=O) groups is 1. The Morgan fingerprint density at radius 2 is 1.79 bits per heavy atom. The highest BCUT2D eigenvalue weighted by atomic mass is 35.5. The SMILES string of the molecule is Cc1cc(C(=O)N2CCN(Cc3ccc(Cl)s3)CC2)cc(S(=O)(=O)N(C)C)c1C. The first kappa shape index (κ1) is 22.2. The molecule has 1 aliphatic rings. The van der Waals surface area contributed by atoms with Crippen LogP contribution in [0.5, 0.6) is 0 Å². The van der Waals surface area contributed by atoms with Crippen LogP contribution in [0.4, 0.5) is 0 Å². The summed E-state index contributed by atoms with van der Waals surface area (Å²) >= 11 is 7.58. The molecule has 1 amide bonds. The standard InChI is InChI=1S/C20H26ClN3O3S2/c1-14-11-16(12-18(15(14)2)29(26,27)22(3)4)20(25)24-9-7-23(8-10-24)13-17-5-6-19(21)28-17/h5-6,11-12H,7-10,13H2,1-4H3. The van der Waals surface area contributed by atoms with Crippen LogP contribution in [0.1, 0.15) is 26.4 Å². The number of nitrogens with zero attached hydrogens (tertiary/aromatic N) is 3.